The van der Waals surface area contributed by atoms with E-state index in [9.17, 15) is 0 Å². The Hall–Kier alpha value is -1.23. The number of benzene rings is 1. The zero-order chi connectivity index (χ0) is 12.4. The minimum Gasteiger partial charge on any atom is -0.330 e. The van der Waals surface area contributed by atoms with Crippen LogP contribution in [0, 0.1) is 0 Å². The summed E-state index contributed by atoms with van der Waals surface area (Å²) < 4.78 is 1.32. The first-order valence-electron chi connectivity index (χ1n) is 6.00. The topological polar surface area (TPSA) is 38.9 Å². The van der Waals surface area contributed by atoms with Gasteiger partial charge in [-0.3, -0.25) is 0 Å². The Morgan fingerprint density at radius 1 is 1.22 bits per heavy atom. The van der Waals surface area contributed by atoms with Gasteiger partial charge in [0.05, 0.1) is 15.6 Å². The van der Waals surface area contributed by atoms with E-state index in [1.807, 2.05) is 11.3 Å². The fourth-order valence-electron chi connectivity index (χ4n) is 1.90. The maximum atomic E-state index is 5.52. The third-order valence-electron chi connectivity index (χ3n) is 2.82. The van der Waals surface area contributed by atoms with Crippen LogP contribution in [0.4, 0.5) is 0 Å². The number of aromatic nitrogens is 1. The Kier molecular flexibility index (Phi) is 3.41. The molecule has 92 valence electrons. The number of nitrogens with zero attached hydrogens (tertiary/aromatic N) is 1. The van der Waals surface area contributed by atoms with Crippen LogP contribution < -0.4 is 5.73 Å². The van der Waals surface area contributed by atoms with E-state index >= 15 is 0 Å². The lowest BCUT2D eigenvalue weighted by atomic mass is 10.2. The van der Waals surface area contributed by atoms with Crippen molar-refractivity contribution in [2.75, 3.05) is 6.54 Å². The molecule has 2 N–H and O–H groups in total. The highest BCUT2D eigenvalue weighted by atomic mass is 32.1. The van der Waals surface area contributed by atoms with Gasteiger partial charge in [0.25, 0.3) is 0 Å². The summed E-state index contributed by atoms with van der Waals surface area (Å²) in [4.78, 5) is 5.94. The predicted molar refractivity (Wildman–Crippen MR) is 80.3 cm³/mol. The van der Waals surface area contributed by atoms with Gasteiger partial charge >= 0.3 is 0 Å². The van der Waals surface area contributed by atoms with Crippen molar-refractivity contribution >= 4 is 32.8 Å². The average molecular weight is 274 g/mol. The molecule has 0 aliphatic rings. The molecule has 18 heavy (non-hydrogen) atoms. The Balaban J connectivity index is 1.91. The van der Waals surface area contributed by atoms with Crippen molar-refractivity contribution in [3.05, 3.63) is 40.7 Å². The molecule has 0 radical (unpaired) electrons. The number of nitrogens with two attached hydrogens (primary N) is 1. The smallest absolute Gasteiger partial charge is 0.0933 e. The normalized spacial score (nSPS) is 11.2. The summed E-state index contributed by atoms with van der Waals surface area (Å²) in [5, 5.41) is 4.64. The highest BCUT2D eigenvalue weighted by Crippen LogP contribution is 2.33. The summed E-state index contributed by atoms with van der Waals surface area (Å²) in [5.74, 6) is 0. The highest BCUT2D eigenvalue weighted by molar-refractivity contribution is 7.22. The van der Waals surface area contributed by atoms with Crippen LogP contribution in [0.1, 0.15) is 11.4 Å². The zero-order valence-corrected chi connectivity index (χ0v) is 11.6. The second kappa shape index (κ2) is 5.18. The first-order valence-corrected chi connectivity index (χ1v) is 7.70. The molecule has 2 heterocycles. The lowest BCUT2D eigenvalue weighted by molar-refractivity contribution is 0.827. The SMILES string of the molecule is NCCCc1nc(-c2cc3ccccc3s2)cs1. The van der Waals surface area contributed by atoms with E-state index < -0.39 is 0 Å². The number of hydrogen-bond acceptors (Lipinski definition) is 4. The van der Waals surface area contributed by atoms with Gasteiger partial charge in [-0.2, -0.15) is 0 Å². The summed E-state index contributed by atoms with van der Waals surface area (Å²) in [5.41, 5.74) is 6.63. The number of hydrogen-bond donors (Lipinski definition) is 1. The van der Waals surface area contributed by atoms with Crippen molar-refractivity contribution < 1.29 is 0 Å². The van der Waals surface area contributed by atoms with Gasteiger partial charge < -0.3 is 5.73 Å². The van der Waals surface area contributed by atoms with E-state index in [0.717, 1.165) is 25.1 Å². The molecule has 0 unspecified atom stereocenters. The lowest BCUT2D eigenvalue weighted by Gasteiger charge is -1.91. The second-order valence-corrected chi connectivity index (χ2v) is 6.19. The summed E-state index contributed by atoms with van der Waals surface area (Å²) in [6.07, 6.45) is 2.01. The fourth-order valence-corrected chi connectivity index (χ4v) is 3.84. The Bertz CT molecular complexity index is 621. The van der Waals surface area contributed by atoms with Crippen LogP contribution >= 0.6 is 22.7 Å². The largest absolute Gasteiger partial charge is 0.330 e. The minimum absolute atomic E-state index is 0.734. The van der Waals surface area contributed by atoms with Crippen LogP contribution in [-0.2, 0) is 6.42 Å². The maximum Gasteiger partial charge on any atom is 0.0933 e. The van der Waals surface area contributed by atoms with Gasteiger partial charge in [0.1, 0.15) is 0 Å². The molecule has 0 spiro atoms. The first-order chi connectivity index (χ1) is 8.86. The fraction of sp³-hybridized carbons (Fsp3) is 0.214. The molecule has 3 aromatic rings. The Morgan fingerprint density at radius 3 is 2.94 bits per heavy atom. The summed E-state index contributed by atoms with van der Waals surface area (Å²) >= 11 is 3.54. The molecule has 0 aliphatic heterocycles. The van der Waals surface area contributed by atoms with Crippen molar-refractivity contribution in [1.82, 2.24) is 4.98 Å². The molecule has 0 amide bonds. The third kappa shape index (κ3) is 2.32. The molecule has 0 fully saturated rings. The first kappa shape index (κ1) is 11.8. The lowest BCUT2D eigenvalue weighted by Crippen LogP contribution is -1.99. The molecule has 0 aliphatic carbocycles. The molecule has 4 heteroatoms. The molecule has 0 bridgehead atoms. The summed E-state index contributed by atoms with van der Waals surface area (Å²) in [7, 11) is 0. The van der Waals surface area contributed by atoms with E-state index in [1.54, 1.807) is 11.3 Å². The van der Waals surface area contributed by atoms with Crippen LogP contribution in [0.3, 0.4) is 0 Å². The zero-order valence-electron chi connectivity index (χ0n) is 9.93. The van der Waals surface area contributed by atoms with Crippen molar-refractivity contribution in [3.63, 3.8) is 0 Å². The van der Waals surface area contributed by atoms with Crippen LogP contribution in [0.5, 0.6) is 0 Å². The molecule has 2 nitrogen and oxygen atoms in total. The van der Waals surface area contributed by atoms with Crippen LogP contribution in [0.2, 0.25) is 0 Å². The quantitative estimate of drug-likeness (QED) is 0.783. The van der Waals surface area contributed by atoms with Crippen LogP contribution in [-0.4, -0.2) is 11.5 Å². The molecule has 0 saturated heterocycles. The molecular weight excluding hydrogens is 260 g/mol. The van der Waals surface area contributed by atoms with E-state index in [-0.39, 0.29) is 0 Å². The molecule has 3 rings (SSSR count). The number of fused-ring (bicyclic) bond motifs is 1. The van der Waals surface area contributed by atoms with E-state index in [0.29, 0.717) is 0 Å². The monoisotopic (exact) mass is 274 g/mol. The number of aryl methyl sites for hydroxylation is 1. The molecule has 0 atom stereocenters. The van der Waals surface area contributed by atoms with Crippen molar-refractivity contribution in [2.24, 2.45) is 5.73 Å². The van der Waals surface area contributed by atoms with E-state index in [4.69, 9.17) is 5.73 Å². The highest BCUT2D eigenvalue weighted by Gasteiger charge is 2.08. The van der Waals surface area contributed by atoms with Gasteiger partial charge in [-0.05, 0) is 30.5 Å². The van der Waals surface area contributed by atoms with Gasteiger partial charge in [-0.25, -0.2) is 4.98 Å². The van der Waals surface area contributed by atoms with Crippen molar-refractivity contribution in [2.45, 2.75) is 12.8 Å². The third-order valence-corrected chi connectivity index (χ3v) is 4.87. The van der Waals surface area contributed by atoms with Gasteiger partial charge in [-0.1, -0.05) is 18.2 Å². The maximum absolute atomic E-state index is 5.52. The van der Waals surface area contributed by atoms with Crippen LogP contribution in [0.15, 0.2) is 35.7 Å². The molecule has 2 aromatic heterocycles. The minimum atomic E-state index is 0.734. The summed E-state index contributed by atoms with van der Waals surface area (Å²) in [6.45, 7) is 0.734. The van der Waals surface area contributed by atoms with Gasteiger partial charge in [-0.15, -0.1) is 22.7 Å². The van der Waals surface area contributed by atoms with Gasteiger partial charge in [0.15, 0.2) is 0 Å². The Morgan fingerprint density at radius 2 is 2.11 bits per heavy atom. The van der Waals surface area contributed by atoms with Crippen molar-refractivity contribution in [1.29, 1.82) is 0 Å². The predicted octanol–water partition coefficient (Wildman–Crippen LogP) is 3.92. The van der Waals surface area contributed by atoms with E-state index in [2.05, 4.69) is 40.7 Å². The summed E-state index contributed by atoms with van der Waals surface area (Å²) in [6, 6.07) is 10.7. The van der Waals surface area contributed by atoms with Gasteiger partial charge in [0, 0.05) is 16.5 Å². The number of thiazole rings is 1. The average Bonchev–Trinajstić information content (AvgIpc) is 3.02. The van der Waals surface area contributed by atoms with Crippen molar-refractivity contribution in [3.8, 4) is 10.6 Å². The standard InChI is InChI=1S/C14H14N2S2/c15-7-3-6-14-16-11(9-17-14)13-8-10-4-1-2-5-12(10)18-13/h1-2,4-5,8-9H,3,6-7,15H2. The molecule has 1 aromatic carbocycles. The molecular formula is C14H14N2S2. The van der Waals surface area contributed by atoms with Gasteiger partial charge in [0.2, 0.25) is 0 Å². The number of thiophene rings is 1. The molecule has 0 saturated carbocycles. The Labute approximate surface area is 114 Å². The van der Waals surface area contributed by atoms with E-state index in [1.165, 1.54) is 20.0 Å². The number of rotatable bonds is 4. The van der Waals surface area contributed by atoms with Crippen LogP contribution in [0.25, 0.3) is 20.7 Å². The second-order valence-electron chi connectivity index (χ2n) is 4.17.